The van der Waals surface area contributed by atoms with E-state index >= 15 is 0 Å². The summed E-state index contributed by atoms with van der Waals surface area (Å²) in [5, 5.41) is -0.455. The van der Waals surface area contributed by atoms with E-state index in [1.165, 1.54) is 0 Å². The van der Waals surface area contributed by atoms with Gasteiger partial charge in [0.15, 0.2) is 5.16 Å². The third-order valence-electron chi connectivity index (χ3n) is 2.61. The second-order valence-electron chi connectivity index (χ2n) is 3.96. The molecule has 0 saturated heterocycles. The minimum atomic E-state index is -2.07. The first-order chi connectivity index (χ1) is 4.80. The highest BCUT2D eigenvalue weighted by atomic mass is 31.1. The molecule has 0 rings (SSSR count). The minimum absolute atomic E-state index is 0.274. The van der Waals surface area contributed by atoms with E-state index in [1.807, 2.05) is 20.8 Å². The molecule has 0 aromatic carbocycles. The lowest BCUT2D eigenvalue weighted by atomic mass is 9.87. The van der Waals surface area contributed by atoms with Crippen molar-refractivity contribution in [2.45, 2.75) is 39.8 Å². The van der Waals surface area contributed by atoms with Crippen molar-refractivity contribution in [2.75, 3.05) is 0 Å². The molecule has 0 fully saturated rings. The molecule has 0 aromatic rings. The average Bonchev–Trinajstić information content (AvgIpc) is 1.85. The molecule has 0 bridgehead atoms. The molecular weight excluding hydrogens is 159 g/mol. The number of hydrogen-bond acceptors (Lipinski definition) is 1. The van der Waals surface area contributed by atoms with E-state index < -0.39 is 13.2 Å². The summed E-state index contributed by atoms with van der Waals surface area (Å²) >= 11 is 0. The second-order valence-corrected chi connectivity index (χ2v) is 5.66. The Morgan fingerprint density at radius 3 is 1.73 bits per heavy atom. The van der Waals surface area contributed by atoms with Gasteiger partial charge in [0.1, 0.15) is 0 Å². The Kier molecular flexibility index (Phi) is 3.66. The highest BCUT2D eigenvalue weighted by Crippen LogP contribution is 2.43. The smallest absolute Gasteiger partial charge is 0.160 e. The summed E-state index contributed by atoms with van der Waals surface area (Å²) in [6.07, 6.45) is 0. The molecule has 0 aliphatic carbocycles. The van der Waals surface area contributed by atoms with Crippen LogP contribution in [0.25, 0.3) is 0 Å². The fourth-order valence-corrected chi connectivity index (χ4v) is 1.64. The Bertz CT molecular complexity index is 152. The molecule has 2 unspecified atom stereocenters. The van der Waals surface area contributed by atoms with Crippen LogP contribution < -0.4 is 0 Å². The zero-order valence-electron chi connectivity index (χ0n) is 7.96. The first-order valence-electron chi connectivity index (χ1n) is 3.96. The van der Waals surface area contributed by atoms with Crippen molar-refractivity contribution in [3.8, 4) is 0 Å². The minimum Gasteiger partial charge on any atom is -0.160 e. The average molecular weight is 177 g/mol. The molecule has 0 heterocycles. The highest BCUT2D eigenvalue weighted by Gasteiger charge is 2.45. The Hall–Kier alpha value is 0.0600. The van der Waals surface area contributed by atoms with Crippen LogP contribution in [-0.2, 0) is 4.57 Å². The predicted octanol–water partition coefficient (Wildman–Crippen LogP) is 2.79. The van der Waals surface area contributed by atoms with Crippen LogP contribution >= 0.6 is 8.03 Å². The molecule has 11 heavy (non-hydrogen) atoms. The molecule has 66 valence electrons. The third-order valence-corrected chi connectivity index (χ3v) is 4.00. The maximum atomic E-state index is 10.9. The molecule has 0 aromatic heterocycles. The van der Waals surface area contributed by atoms with Gasteiger partial charge in [-0.2, -0.15) is 4.89 Å². The van der Waals surface area contributed by atoms with Crippen molar-refractivity contribution in [1.29, 1.82) is 0 Å². The molecule has 0 saturated carbocycles. The van der Waals surface area contributed by atoms with Crippen LogP contribution in [0.15, 0.2) is 0 Å². The molecule has 1 N–H and O–H groups in total. The lowest BCUT2D eigenvalue weighted by Gasteiger charge is -2.22. The van der Waals surface area contributed by atoms with Gasteiger partial charge in [0, 0.05) is 5.92 Å². The van der Waals surface area contributed by atoms with Crippen LogP contribution in [0.5, 0.6) is 0 Å². The van der Waals surface area contributed by atoms with Gasteiger partial charge in [-0.1, -0.05) is 20.8 Å². The maximum absolute atomic E-state index is 10.9. The zero-order valence-corrected chi connectivity index (χ0v) is 8.85. The zero-order chi connectivity index (χ0) is 9.23. The van der Waals surface area contributed by atoms with Crippen LogP contribution in [0, 0.1) is 11.8 Å². The van der Waals surface area contributed by atoms with Crippen molar-refractivity contribution in [2.24, 2.45) is 11.8 Å². The van der Waals surface area contributed by atoms with Crippen LogP contribution in [0.1, 0.15) is 34.6 Å². The summed E-state index contributed by atoms with van der Waals surface area (Å²) in [5.74, 6) is 0.729. The van der Waals surface area contributed by atoms with E-state index in [4.69, 9.17) is 4.89 Å². The fourth-order valence-electron chi connectivity index (χ4n) is 0.990. The van der Waals surface area contributed by atoms with Crippen LogP contribution in [0.3, 0.4) is 0 Å². The van der Waals surface area contributed by atoms with Gasteiger partial charge >= 0.3 is 8.03 Å². The summed E-state index contributed by atoms with van der Waals surface area (Å²) in [4.78, 5) is 9.01. The van der Waals surface area contributed by atoms with E-state index in [0.29, 0.717) is 5.92 Å². The normalized spacial score (nSPS) is 16.8. The molecular formula is C8H18O2P+. The maximum Gasteiger partial charge on any atom is 0.511 e. The Morgan fingerprint density at radius 1 is 1.27 bits per heavy atom. The van der Waals surface area contributed by atoms with Gasteiger partial charge in [-0.25, -0.2) is 0 Å². The molecule has 0 radical (unpaired) electrons. The Labute approximate surface area is 69.9 Å². The van der Waals surface area contributed by atoms with Crippen molar-refractivity contribution in [3.63, 3.8) is 0 Å². The lowest BCUT2D eigenvalue weighted by molar-refractivity contribution is 0.315. The van der Waals surface area contributed by atoms with Gasteiger partial charge in [0.05, 0.1) is 0 Å². The van der Waals surface area contributed by atoms with E-state index in [9.17, 15) is 4.57 Å². The standard InChI is InChI=1S/C8H17O2P/c1-6(2)7(3)8(4,5)11(9)10/h6-7H,1-5H3/p+1. The topological polar surface area (TPSA) is 37.3 Å². The predicted molar refractivity (Wildman–Crippen MR) is 47.9 cm³/mol. The van der Waals surface area contributed by atoms with Crippen LogP contribution in [-0.4, -0.2) is 10.0 Å². The molecule has 2 nitrogen and oxygen atoms in total. The van der Waals surface area contributed by atoms with Gasteiger partial charge < -0.3 is 0 Å². The van der Waals surface area contributed by atoms with E-state index in [-0.39, 0.29) is 5.92 Å². The van der Waals surface area contributed by atoms with Crippen molar-refractivity contribution < 1.29 is 9.46 Å². The fraction of sp³-hybridized carbons (Fsp3) is 1.00. The monoisotopic (exact) mass is 177 g/mol. The van der Waals surface area contributed by atoms with Gasteiger partial charge in [-0.05, 0) is 24.3 Å². The molecule has 3 heteroatoms. The molecule has 0 amide bonds. The van der Waals surface area contributed by atoms with E-state index in [2.05, 4.69) is 13.8 Å². The first kappa shape index (κ1) is 11.1. The summed E-state index contributed by atoms with van der Waals surface area (Å²) in [7, 11) is -2.07. The summed E-state index contributed by atoms with van der Waals surface area (Å²) in [5.41, 5.74) is 0. The lowest BCUT2D eigenvalue weighted by Crippen LogP contribution is -2.28. The van der Waals surface area contributed by atoms with Crippen molar-refractivity contribution >= 4 is 8.03 Å². The van der Waals surface area contributed by atoms with Gasteiger partial charge in [0.25, 0.3) is 0 Å². The molecule has 2 atom stereocenters. The summed E-state index contributed by atoms with van der Waals surface area (Å²) < 4.78 is 10.9. The van der Waals surface area contributed by atoms with Gasteiger partial charge in [0.2, 0.25) is 0 Å². The Morgan fingerprint density at radius 2 is 1.64 bits per heavy atom. The van der Waals surface area contributed by atoms with Crippen LogP contribution in [0.2, 0.25) is 0 Å². The highest BCUT2D eigenvalue weighted by molar-refractivity contribution is 7.40. The molecule has 0 spiro atoms. The second kappa shape index (κ2) is 3.64. The van der Waals surface area contributed by atoms with E-state index in [1.54, 1.807) is 0 Å². The molecule has 0 aliphatic heterocycles. The van der Waals surface area contributed by atoms with Gasteiger partial charge in [-0.15, -0.1) is 0 Å². The van der Waals surface area contributed by atoms with Crippen molar-refractivity contribution in [3.05, 3.63) is 0 Å². The summed E-state index contributed by atoms with van der Waals surface area (Å²) in [6.45, 7) is 9.86. The van der Waals surface area contributed by atoms with Gasteiger partial charge in [-0.3, -0.25) is 0 Å². The van der Waals surface area contributed by atoms with Crippen LogP contribution in [0.4, 0.5) is 0 Å². The quantitative estimate of drug-likeness (QED) is 0.673. The summed E-state index contributed by atoms with van der Waals surface area (Å²) in [6, 6.07) is 0. The SMILES string of the molecule is CC(C)C(C)C(C)(C)[P+](=O)O. The van der Waals surface area contributed by atoms with E-state index in [0.717, 1.165) is 0 Å². The molecule has 0 aliphatic rings. The first-order valence-corrected chi connectivity index (χ1v) is 5.17. The third kappa shape index (κ3) is 2.53. The number of hydrogen-bond donors (Lipinski definition) is 1. The number of rotatable bonds is 3. The largest absolute Gasteiger partial charge is 0.511 e. The van der Waals surface area contributed by atoms with Crippen molar-refractivity contribution in [1.82, 2.24) is 0 Å². The Balaban J connectivity index is 4.42.